The molecule has 80 valence electrons. The number of likely N-dealkylation sites (tertiary alicyclic amines) is 1. The highest BCUT2D eigenvalue weighted by molar-refractivity contribution is 5.84. The number of carbonyl (C=O) groups excluding carboxylic acids is 1. The highest BCUT2D eigenvalue weighted by Gasteiger charge is 2.41. The quantitative estimate of drug-likeness (QED) is 0.678. The zero-order chi connectivity index (χ0) is 10.2. The summed E-state index contributed by atoms with van der Waals surface area (Å²) in [5.41, 5.74) is -0.114. The van der Waals surface area contributed by atoms with Gasteiger partial charge in [0.2, 0.25) is 5.91 Å². The van der Waals surface area contributed by atoms with Crippen molar-refractivity contribution in [2.75, 3.05) is 19.6 Å². The molecule has 1 N–H and O–H groups in total. The molecule has 2 aliphatic heterocycles. The molecule has 0 aromatic carbocycles. The summed E-state index contributed by atoms with van der Waals surface area (Å²) < 4.78 is 0. The zero-order valence-electron chi connectivity index (χ0n) is 9.18. The third kappa shape index (κ3) is 1.65. The largest absolute Gasteiger partial charge is 0.338 e. The Labute approximate surface area is 85.8 Å². The van der Waals surface area contributed by atoms with E-state index in [0.29, 0.717) is 11.9 Å². The lowest BCUT2D eigenvalue weighted by Crippen LogP contribution is -2.47. The Morgan fingerprint density at radius 1 is 1.50 bits per heavy atom. The monoisotopic (exact) mass is 196 g/mol. The second-order valence-electron chi connectivity index (χ2n) is 5.13. The van der Waals surface area contributed by atoms with E-state index in [4.69, 9.17) is 0 Å². The van der Waals surface area contributed by atoms with Crippen LogP contribution in [0.3, 0.4) is 0 Å². The summed E-state index contributed by atoms with van der Waals surface area (Å²) in [4.78, 5) is 14.1. The van der Waals surface area contributed by atoms with Crippen LogP contribution in [0.15, 0.2) is 0 Å². The Balaban J connectivity index is 2.02. The normalized spacial score (nSPS) is 32.3. The van der Waals surface area contributed by atoms with E-state index in [1.807, 2.05) is 0 Å². The third-order valence-corrected chi connectivity index (χ3v) is 3.53. The minimum absolute atomic E-state index is 0.114. The maximum Gasteiger partial charge on any atom is 0.228 e. The van der Waals surface area contributed by atoms with Crippen LogP contribution in [0, 0.1) is 5.41 Å². The molecule has 0 spiro atoms. The highest BCUT2D eigenvalue weighted by Crippen LogP contribution is 2.32. The van der Waals surface area contributed by atoms with Gasteiger partial charge in [-0.05, 0) is 25.8 Å². The molecule has 0 aromatic rings. The smallest absolute Gasteiger partial charge is 0.228 e. The van der Waals surface area contributed by atoms with Gasteiger partial charge >= 0.3 is 0 Å². The predicted octanol–water partition coefficient (Wildman–Crippen LogP) is 0.997. The SMILES string of the molecule is CC1(C)CCN(C2CCCNC2)C1=O. The first-order chi connectivity index (χ1) is 6.61. The fraction of sp³-hybridized carbons (Fsp3) is 0.909. The van der Waals surface area contributed by atoms with E-state index in [2.05, 4.69) is 24.1 Å². The van der Waals surface area contributed by atoms with Crippen molar-refractivity contribution >= 4 is 5.91 Å². The molecule has 3 heteroatoms. The first-order valence-electron chi connectivity index (χ1n) is 5.63. The van der Waals surface area contributed by atoms with Gasteiger partial charge in [-0.1, -0.05) is 13.8 Å². The van der Waals surface area contributed by atoms with Crippen molar-refractivity contribution in [1.82, 2.24) is 10.2 Å². The molecule has 1 atom stereocenters. The van der Waals surface area contributed by atoms with Gasteiger partial charge in [0.1, 0.15) is 0 Å². The molecule has 1 unspecified atom stereocenters. The number of carbonyl (C=O) groups is 1. The molecule has 14 heavy (non-hydrogen) atoms. The Morgan fingerprint density at radius 3 is 2.79 bits per heavy atom. The van der Waals surface area contributed by atoms with E-state index in [1.165, 1.54) is 12.8 Å². The molecule has 0 aliphatic carbocycles. The van der Waals surface area contributed by atoms with E-state index in [9.17, 15) is 4.79 Å². The zero-order valence-corrected chi connectivity index (χ0v) is 9.18. The summed E-state index contributed by atoms with van der Waals surface area (Å²) in [5, 5.41) is 3.37. The van der Waals surface area contributed by atoms with Crippen LogP contribution in [0.25, 0.3) is 0 Å². The van der Waals surface area contributed by atoms with Crippen molar-refractivity contribution in [2.24, 2.45) is 5.41 Å². The predicted molar refractivity (Wildman–Crippen MR) is 56.0 cm³/mol. The fourth-order valence-corrected chi connectivity index (χ4v) is 2.45. The van der Waals surface area contributed by atoms with Crippen LogP contribution in [-0.2, 0) is 4.79 Å². The van der Waals surface area contributed by atoms with Gasteiger partial charge in [0.15, 0.2) is 0 Å². The Kier molecular flexibility index (Phi) is 2.52. The summed E-state index contributed by atoms with van der Waals surface area (Å²) in [5.74, 6) is 0.353. The van der Waals surface area contributed by atoms with Crippen molar-refractivity contribution in [3.05, 3.63) is 0 Å². The van der Waals surface area contributed by atoms with Crippen LogP contribution in [-0.4, -0.2) is 36.5 Å². The molecular weight excluding hydrogens is 176 g/mol. The summed E-state index contributed by atoms with van der Waals surface area (Å²) in [6, 6.07) is 0.457. The van der Waals surface area contributed by atoms with Crippen molar-refractivity contribution in [2.45, 2.75) is 39.2 Å². The first kappa shape index (κ1) is 9.97. The minimum Gasteiger partial charge on any atom is -0.338 e. The molecule has 0 aromatic heterocycles. The molecule has 0 saturated carbocycles. The van der Waals surface area contributed by atoms with Crippen LogP contribution in [0.4, 0.5) is 0 Å². The fourth-order valence-electron chi connectivity index (χ4n) is 2.45. The molecule has 3 nitrogen and oxygen atoms in total. The van der Waals surface area contributed by atoms with Gasteiger partial charge < -0.3 is 10.2 Å². The van der Waals surface area contributed by atoms with Crippen molar-refractivity contribution in [3.8, 4) is 0 Å². The van der Waals surface area contributed by atoms with Gasteiger partial charge in [-0.2, -0.15) is 0 Å². The summed E-state index contributed by atoms with van der Waals surface area (Å²) in [6.07, 6.45) is 3.39. The van der Waals surface area contributed by atoms with E-state index >= 15 is 0 Å². The highest BCUT2D eigenvalue weighted by atomic mass is 16.2. The van der Waals surface area contributed by atoms with E-state index in [1.54, 1.807) is 0 Å². The van der Waals surface area contributed by atoms with Gasteiger partial charge in [0.05, 0.1) is 0 Å². The molecule has 0 bridgehead atoms. The Morgan fingerprint density at radius 2 is 2.29 bits per heavy atom. The van der Waals surface area contributed by atoms with Gasteiger partial charge in [0.25, 0.3) is 0 Å². The van der Waals surface area contributed by atoms with E-state index < -0.39 is 0 Å². The number of amides is 1. The van der Waals surface area contributed by atoms with Crippen molar-refractivity contribution in [3.63, 3.8) is 0 Å². The van der Waals surface area contributed by atoms with Crippen molar-refractivity contribution < 1.29 is 4.79 Å². The summed E-state index contributed by atoms with van der Waals surface area (Å²) >= 11 is 0. The van der Waals surface area contributed by atoms with Gasteiger partial charge in [-0.25, -0.2) is 0 Å². The maximum absolute atomic E-state index is 12.0. The second kappa shape index (κ2) is 3.54. The van der Waals surface area contributed by atoms with Crippen molar-refractivity contribution in [1.29, 1.82) is 0 Å². The summed E-state index contributed by atoms with van der Waals surface area (Å²) in [7, 11) is 0. The first-order valence-corrected chi connectivity index (χ1v) is 5.63. The molecule has 2 heterocycles. The molecule has 2 rings (SSSR count). The second-order valence-corrected chi connectivity index (χ2v) is 5.13. The van der Waals surface area contributed by atoms with Crippen LogP contribution in [0.2, 0.25) is 0 Å². The minimum atomic E-state index is -0.114. The molecule has 1 amide bonds. The number of nitrogens with zero attached hydrogens (tertiary/aromatic N) is 1. The molecule has 0 radical (unpaired) electrons. The number of rotatable bonds is 1. The topological polar surface area (TPSA) is 32.3 Å². The van der Waals surface area contributed by atoms with E-state index in [0.717, 1.165) is 26.1 Å². The van der Waals surface area contributed by atoms with E-state index in [-0.39, 0.29) is 5.41 Å². The van der Waals surface area contributed by atoms with Crippen LogP contribution < -0.4 is 5.32 Å². The van der Waals surface area contributed by atoms with Crippen LogP contribution in [0.1, 0.15) is 33.1 Å². The average Bonchev–Trinajstić information content (AvgIpc) is 2.44. The summed E-state index contributed by atoms with van der Waals surface area (Å²) in [6.45, 7) is 7.18. The molecular formula is C11H20N2O. The van der Waals surface area contributed by atoms with Gasteiger partial charge in [-0.3, -0.25) is 4.79 Å². The molecule has 2 aliphatic rings. The molecule has 2 saturated heterocycles. The average molecular weight is 196 g/mol. The lowest BCUT2D eigenvalue weighted by Gasteiger charge is -2.32. The lowest BCUT2D eigenvalue weighted by atomic mass is 9.92. The Bertz CT molecular complexity index is 231. The lowest BCUT2D eigenvalue weighted by molar-refractivity contribution is -0.136. The molecule has 2 fully saturated rings. The number of hydrogen-bond acceptors (Lipinski definition) is 2. The third-order valence-electron chi connectivity index (χ3n) is 3.53. The number of hydrogen-bond donors (Lipinski definition) is 1. The van der Waals surface area contributed by atoms with Crippen LogP contribution in [0.5, 0.6) is 0 Å². The number of piperidine rings is 1. The Hall–Kier alpha value is -0.570. The maximum atomic E-state index is 12.0. The standard InChI is InChI=1S/C11H20N2O/c1-11(2)5-7-13(10(11)14)9-4-3-6-12-8-9/h9,12H,3-8H2,1-2H3. The number of nitrogens with one attached hydrogen (secondary N) is 1. The van der Waals surface area contributed by atoms with Gasteiger partial charge in [-0.15, -0.1) is 0 Å². The van der Waals surface area contributed by atoms with Gasteiger partial charge in [0, 0.05) is 24.5 Å². The van der Waals surface area contributed by atoms with Crippen LogP contribution >= 0.6 is 0 Å².